The number of aliphatic hydroxyl groups is 1. The zero-order valence-electron chi connectivity index (χ0n) is 10.9. The van der Waals surface area contributed by atoms with E-state index < -0.39 is 11.9 Å². The maximum atomic E-state index is 13.4. The molecular weight excluding hydrogens is 251 g/mol. The molecule has 2 aromatic rings. The Balaban J connectivity index is 2.43. The van der Waals surface area contributed by atoms with Crippen molar-refractivity contribution in [3.05, 3.63) is 41.5 Å². The lowest BCUT2D eigenvalue weighted by Gasteiger charge is -2.14. The number of hydrogen-bond donors (Lipinski definition) is 1. The molecule has 0 saturated carbocycles. The summed E-state index contributed by atoms with van der Waals surface area (Å²) in [6.07, 6.45) is 0.538. The van der Waals surface area contributed by atoms with Crippen molar-refractivity contribution in [1.82, 2.24) is 9.78 Å². The van der Waals surface area contributed by atoms with E-state index in [1.807, 2.05) is 0 Å². The predicted octanol–water partition coefficient (Wildman–Crippen LogP) is 1.66. The molecule has 0 aliphatic carbocycles. The minimum absolute atomic E-state index is 0.0812. The monoisotopic (exact) mass is 266 g/mol. The summed E-state index contributed by atoms with van der Waals surface area (Å²) in [6.45, 7) is 0. The van der Waals surface area contributed by atoms with Gasteiger partial charge in [0, 0.05) is 7.05 Å². The van der Waals surface area contributed by atoms with E-state index in [4.69, 9.17) is 9.47 Å². The Labute approximate surface area is 110 Å². The maximum Gasteiger partial charge on any atom is 0.165 e. The molecule has 6 heteroatoms. The number of aromatic nitrogens is 2. The topological polar surface area (TPSA) is 56.5 Å². The summed E-state index contributed by atoms with van der Waals surface area (Å²) < 4.78 is 24.9. The summed E-state index contributed by atoms with van der Waals surface area (Å²) >= 11 is 0. The minimum atomic E-state index is -0.975. The van der Waals surface area contributed by atoms with Crippen molar-refractivity contribution >= 4 is 0 Å². The molecule has 0 radical (unpaired) electrons. The Morgan fingerprint density at radius 2 is 1.95 bits per heavy atom. The molecule has 1 aromatic heterocycles. The molecule has 0 spiro atoms. The summed E-state index contributed by atoms with van der Waals surface area (Å²) in [7, 11) is 4.57. The molecule has 1 aromatic carbocycles. The summed E-state index contributed by atoms with van der Waals surface area (Å²) in [5.74, 6) is 0.0754. The third-order valence-electron chi connectivity index (χ3n) is 2.92. The average molecular weight is 266 g/mol. The second kappa shape index (κ2) is 5.27. The van der Waals surface area contributed by atoms with Crippen molar-refractivity contribution in [3.8, 4) is 11.5 Å². The van der Waals surface area contributed by atoms with Gasteiger partial charge in [-0.15, -0.1) is 0 Å². The van der Waals surface area contributed by atoms with E-state index in [1.165, 1.54) is 43.3 Å². The molecule has 0 aliphatic rings. The van der Waals surface area contributed by atoms with Crippen molar-refractivity contribution in [2.24, 2.45) is 7.05 Å². The number of benzene rings is 1. The molecule has 19 heavy (non-hydrogen) atoms. The van der Waals surface area contributed by atoms with Gasteiger partial charge in [0.25, 0.3) is 0 Å². The van der Waals surface area contributed by atoms with Gasteiger partial charge in [0.2, 0.25) is 0 Å². The van der Waals surface area contributed by atoms with Crippen LogP contribution in [-0.4, -0.2) is 29.1 Å². The van der Waals surface area contributed by atoms with E-state index in [1.54, 1.807) is 7.05 Å². The second-order valence-electron chi connectivity index (χ2n) is 4.02. The molecule has 1 heterocycles. The largest absolute Gasteiger partial charge is 0.494 e. The zero-order chi connectivity index (χ0) is 14.0. The molecule has 1 atom stereocenters. The van der Waals surface area contributed by atoms with E-state index in [0.717, 1.165) is 0 Å². The maximum absolute atomic E-state index is 13.4. The van der Waals surface area contributed by atoms with Crippen LogP contribution in [0.1, 0.15) is 17.4 Å². The van der Waals surface area contributed by atoms with E-state index in [2.05, 4.69) is 5.10 Å². The van der Waals surface area contributed by atoms with Crippen LogP contribution in [-0.2, 0) is 7.05 Å². The van der Waals surface area contributed by atoms with Crippen molar-refractivity contribution in [2.75, 3.05) is 14.2 Å². The van der Waals surface area contributed by atoms with Crippen LogP contribution in [0.2, 0.25) is 0 Å². The normalized spacial score (nSPS) is 12.3. The van der Waals surface area contributed by atoms with Crippen LogP contribution in [0, 0.1) is 5.82 Å². The Morgan fingerprint density at radius 1 is 1.26 bits per heavy atom. The molecular formula is C13H15FN2O3. The van der Waals surface area contributed by atoms with Gasteiger partial charge in [-0.05, 0) is 17.7 Å². The van der Waals surface area contributed by atoms with Crippen LogP contribution in [0.4, 0.5) is 4.39 Å². The fourth-order valence-corrected chi connectivity index (χ4v) is 1.90. The van der Waals surface area contributed by atoms with Gasteiger partial charge < -0.3 is 14.6 Å². The summed E-state index contributed by atoms with van der Waals surface area (Å²) in [6, 6.07) is 4.20. The SMILES string of the molecule is COc1cc(C(O)c2c(OC)cnn2C)ccc1F. The molecule has 1 unspecified atom stereocenters. The Hall–Kier alpha value is -2.08. The fourth-order valence-electron chi connectivity index (χ4n) is 1.90. The summed E-state index contributed by atoms with van der Waals surface area (Å²) in [5, 5.41) is 14.4. The smallest absolute Gasteiger partial charge is 0.165 e. The first-order valence-electron chi connectivity index (χ1n) is 5.66. The Morgan fingerprint density at radius 3 is 2.58 bits per heavy atom. The Kier molecular flexibility index (Phi) is 3.71. The van der Waals surface area contributed by atoms with E-state index in [-0.39, 0.29) is 5.75 Å². The molecule has 0 amide bonds. The zero-order valence-corrected chi connectivity index (χ0v) is 10.9. The predicted molar refractivity (Wildman–Crippen MR) is 66.8 cm³/mol. The number of aliphatic hydroxyl groups excluding tert-OH is 1. The highest BCUT2D eigenvalue weighted by Gasteiger charge is 2.21. The van der Waals surface area contributed by atoms with Crippen LogP contribution in [0.25, 0.3) is 0 Å². The van der Waals surface area contributed by atoms with Crippen LogP contribution < -0.4 is 9.47 Å². The number of rotatable bonds is 4. The molecule has 102 valence electrons. The summed E-state index contributed by atoms with van der Waals surface area (Å²) in [5.41, 5.74) is 0.997. The first-order valence-corrected chi connectivity index (χ1v) is 5.66. The first-order chi connectivity index (χ1) is 9.08. The van der Waals surface area contributed by atoms with Crippen molar-refractivity contribution in [1.29, 1.82) is 0 Å². The number of halogens is 1. The van der Waals surface area contributed by atoms with Gasteiger partial charge in [0.1, 0.15) is 11.8 Å². The lowest BCUT2D eigenvalue weighted by molar-refractivity contribution is 0.203. The number of nitrogens with zero attached hydrogens (tertiary/aromatic N) is 2. The second-order valence-corrected chi connectivity index (χ2v) is 4.02. The fraction of sp³-hybridized carbons (Fsp3) is 0.308. The van der Waals surface area contributed by atoms with Gasteiger partial charge in [-0.2, -0.15) is 5.10 Å². The van der Waals surface area contributed by atoms with Gasteiger partial charge in [0.05, 0.1) is 20.4 Å². The van der Waals surface area contributed by atoms with Crippen LogP contribution in [0.15, 0.2) is 24.4 Å². The molecule has 0 fully saturated rings. The van der Waals surface area contributed by atoms with Crippen LogP contribution in [0.5, 0.6) is 11.5 Å². The van der Waals surface area contributed by atoms with E-state index >= 15 is 0 Å². The minimum Gasteiger partial charge on any atom is -0.494 e. The standard InChI is InChI=1S/C13H15FN2O3/c1-16-12(11(19-3)7-15-16)13(17)8-4-5-9(14)10(6-8)18-2/h4-7,13,17H,1-3H3. The highest BCUT2D eigenvalue weighted by Crippen LogP contribution is 2.31. The van der Waals surface area contributed by atoms with Gasteiger partial charge in [-0.25, -0.2) is 4.39 Å². The molecule has 0 saturated heterocycles. The van der Waals surface area contributed by atoms with Gasteiger partial charge in [-0.3, -0.25) is 4.68 Å². The van der Waals surface area contributed by atoms with Crippen molar-refractivity contribution in [2.45, 2.75) is 6.10 Å². The molecule has 2 rings (SSSR count). The third-order valence-corrected chi connectivity index (χ3v) is 2.92. The van der Waals surface area contributed by atoms with Crippen LogP contribution >= 0.6 is 0 Å². The highest BCUT2D eigenvalue weighted by atomic mass is 19.1. The number of methoxy groups -OCH3 is 2. The lowest BCUT2D eigenvalue weighted by Crippen LogP contribution is -2.08. The van der Waals surface area contributed by atoms with E-state index in [0.29, 0.717) is 17.0 Å². The Bertz CT molecular complexity index is 583. The lowest BCUT2D eigenvalue weighted by atomic mass is 10.1. The van der Waals surface area contributed by atoms with Gasteiger partial charge in [-0.1, -0.05) is 6.07 Å². The third kappa shape index (κ3) is 2.39. The number of aryl methyl sites for hydroxylation is 1. The van der Waals surface area contributed by atoms with Gasteiger partial charge in [0.15, 0.2) is 17.3 Å². The summed E-state index contributed by atoms with van der Waals surface area (Å²) in [4.78, 5) is 0. The highest BCUT2D eigenvalue weighted by molar-refractivity contribution is 5.38. The molecule has 1 N–H and O–H groups in total. The van der Waals surface area contributed by atoms with Crippen LogP contribution in [0.3, 0.4) is 0 Å². The van der Waals surface area contributed by atoms with Crippen molar-refractivity contribution in [3.63, 3.8) is 0 Å². The number of hydrogen-bond acceptors (Lipinski definition) is 4. The average Bonchev–Trinajstić information content (AvgIpc) is 2.79. The molecule has 0 aliphatic heterocycles. The number of ether oxygens (including phenoxy) is 2. The molecule has 0 bridgehead atoms. The van der Waals surface area contributed by atoms with Crippen molar-refractivity contribution < 1.29 is 19.0 Å². The van der Waals surface area contributed by atoms with Gasteiger partial charge >= 0.3 is 0 Å². The molecule has 5 nitrogen and oxygen atoms in total. The van der Waals surface area contributed by atoms with E-state index in [9.17, 15) is 9.50 Å². The quantitative estimate of drug-likeness (QED) is 0.914. The first kappa shape index (κ1) is 13.4.